The number of anilines is 1. The summed E-state index contributed by atoms with van der Waals surface area (Å²) in [4.78, 5) is 0. The monoisotopic (exact) mass is 283 g/mol. The smallest absolute Gasteiger partial charge is 0.0759 e. The maximum atomic E-state index is 9.75. The Kier molecular flexibility index (Phi) is 3.72. The highest BCUT2D eigenvalue weighted by Crippen LogP contribution is 2.32. The Balaban J connectivity index is 1.96. The molecule has 0 fully saturated rings. The summed E-state index contributed by atoms with van der Waals surface area (Å²) in [6.07, 6.45) is 0. The van der Waals surface area contributed by atoms with Gasteiger partial charge in [-0.1, -0.05) is 36.4 Å². The van der Waals surface area contributed by atoms with Crippen molar-refractivity contribution < 1.29 is 5.11 Å². The normalized spacial score (nSPS) is 12.5. The Morgan fingerprint density at radius 2 is 1.85 bits per heavy atom. The average molecular weight is 283 g/mol. The van der Waals surface area contributed by atoms with Crippen molar-refractivity contribution in [3.63, 3.8) is 0 Å². The van der Waals surface area contributed by atoms with Crippen LogP contribution in [0.5, 0.6) is 0 Å². The molecule has 2 aromatic carbocycles. The minimum atomic E-state index is -0.0766. The molecule has 1 aromatic heterocycles. The molecule has 1 heterocycles. The Morgan fingerprint density at radius 3 is 2.65 bits per heavy atom. The molecule has 3 heteroatoms. The van der Waals surface area contributed by atoms with Crippen molar-refractivity contribution in [3.8, 4) is 0 Å². The lowest BCUT2D eigenvalue weighted by molar-refractivity contribution is 0.277. The van der Waals surface area contributed by atoms with E-state index < -0.39 is 0 Å². The lowest BCUT2D eigenvalue weighted by Gasteiger charge is -2.19. The number of fused-ring (bicyclic) bond motifs is 1. The van der Waals surface area contributed by atoms with Gasteiger partial charge in [-0.25, -0.2) is 0 Å². The third kappa shape index (κ3) is 2.42. The topological polar surface area (TPSA) is 32.3 Å². The quantitative estimate of drug-likeness (QED) is 0.746. The van der Waals surface area contributed by atoms with E-state index in [4.69, 9.17) is 0 Å². The summed E-state index contributed by atoms with van der Waals surface area (Å²) >= 11 is 1.72. The molecule has 20 heavy (non-hydrogen) atoms. The number of aliphatic hydroxyl groups is 1. The van der Waals surface area contributed by atoms with Gasteiger partial charge in [-0.3, -0.25) is 0 Å². The zero-order valence-electron chi connectivity index (χ0n) is 11.3. The number of thiophene rings is 1. The molecular weight excluding hydrogens is 266 g/mol. The van der Waals surface area contributed by atoms with Crippen molar-refractivity contribution in [2.24, 2.45) is 0 Å². The van der Waals surface area contributed by atoms with Crippen molar-refractivity contribution in [2.75, 3.05) is 11.9 Å². The first-order valence-corrected chi connectivity index (χ1v) is 7.56. The summed E-state index contributed by atoms with van der Waals surface area (Å²) in [5.74, 6) is 0. The molecule has 0 saturated carbocycles. The third-order valence-electron chi connectivity index (χ3n) is 3.54. The average Bonchev–Trinajstić information content (AvgIpc) is 2.90. The molecule has 0 bridgehead atoms. The van der Waals surface area contributed by atoms with Gasteiger partial charge in [0.05, 0.1) is 12.6 Å². The second kappa shape index (κ2) is 5.65. The minimum Gasteiger partial charge on any atom is -0.394 e. The molecule has 0 aliphatic rings. The van der Waals surface area contributed by atoms with E-state index in [-0.39, 0.29) is 12.6 Å². The van der Waals surface area contributed by atoms with Gasteiger partial charge in [0.25, 0.3) is 0 Å². The molecule has 0 radical (unpaired) electrons. The summed E-state index contributed by atoms with van der Waals surface area (Å²) in [6.45, 7) is 2.15. The van der Waals surface area contributed by atoms with Crippen LogP contribution >= 0.6 is 11.3 Å². The van der Waals surface area contributed by atoms with E-state index in [1.807, 2.05) is 30.3 Å². The molecule has 2 N–H and O–H groups in total. The number of hydrogen-bond acceptors (Lipinski definition) is 3. The van der Waals surface area contributed by atoms with Gasteiger partial charge in [0.2, 0.25) is 0 Å². The van der Waals surface area contributed by atoms with Gasteiger partial charge < -0.3 is 10.4 Å². The fourth-order valence-corrected chi connectivity index (χ4v) is 3.43. The zero-order valence-corrected chi connectivity index (χ0v) is 12.2. The van der Waals surface area contributed by atoms with Crippen molar-refractivity contribution in [1.82, 2.24) is 0 Å². The molecular formula is C17H17NOS. The van der Waals surface area contributed by atoms with Crippen LogP contribution in [0.25, 0.3) is 10.1 Å². The number of benzene rings is 2. The van der Waals surface area contributed by atoms with Crippen molar-refractivity contribution >= 4 is 27.1 Å². The Hall–Kier alpha value is -1.84. The van der Waals surface area contributed by atoms with Gasteiger partial charge in [-0.15, -0.1) is 11.3 Å². The van der Waals surface area contributed by atoms with Crippen LogP contribution in [0, 0.1) is 6.92 Å². The van der Waals surface area contributed by atoms with E-state index in [1.165, 1.54) is 15.6 Å². The summed E-state index contributed by atoms with van der Waals surface area (Å²) in [5, 5.41) is 16.6. The molecule has 0 aliphatic carbocycles. The maximum absolute atomic E-state index is 9.75. The minimum absolute atomic E-state index is 0.0766. The lowest BCUT2D eigenvalue weighted by atomic mass is 10.1. The van der Waals surface area contributed by atoms with Crippen LogP contribution in [0.2, 0.25) is 0 Å². The third-order valence-corrected chi connectivity index (χ3v) is 4.53. The largest absolute Gasteiger partial charge is 0.394 e. The second-order valence-electron chi connectivity index (χ2n) is 4.88. The Morgan fingerprint density at radius 1 is 1.10 bits per heavy atom. The van der Waals surface area contributed by atoms with E-state index in [0.717, 1.165) is 11.3 Å². The number of nitrogens with one attached hydrogen (secondary N) is 1. The first kappa shape index (κ1) is 13.2. The van der Waals surface area contributed by atoms with Crippen molar-refractivity contribution in [3.05, 3.63) is 65.0 Å². The fraction of sp³-hybridized carbons (Fsp3) is 0.176. The van der Waals surface area contributed by atoms with Crippen molar-refractivity contribution in [2.45, 2.75) is 13.0 Å². The molecule has 102 valence electrons. The number of hydrogen-bond donors (Lipinski definition) is 2. The van der Waals surface area contributed by atoms with E-state index in [1.54, 1.807) is 11.3 Å². The first-order valence-electron chi connectivity index (χ1n) is 6.69. The van der Waals surface area contributed by atoms with E-state index >= 15 is 0 Å². The highest BCUT2D eigenvalue weighted by Gasteiger charge is 2.15. The predicted octanol–water partition coefficient (Wildman–Crippen LogP) is 4.36. The summed E-state index contributed by atoms with van der Waals surface area (Å²) in [5.41, 5.74) is 3.42. The SMILES string of the molecule is Cc1ccccc1NC(CO)c1csc2ccccc12. The number of aryl methyl sites for hydroxylation is 1. The summed E-state index contributed by atoms with van der Waals surface area (Å²) in [6, 6.07) is 16.4. The first-order chi connectivity index (χ1) is 9.79. The molecule has 1 unspecified atom stereocenters. The van der Waals surface area contributed by atoms with Crippen LogP contribution < -0.4 is 5.32 Å². The van der Waals surface area contributed by atoms with E-state index in [9.17, 15) is 5.11 Å². The highest BCUT2D eigenvalue weighted by molar-refractivity contribution is 7.17. The van der Waals surface area contributed by atoms with Crippen molar-refractivity contribution in [1.29, 1.82) is 0 Å². The highest BCUT2D eigenvalue weighted by atomic mass is 32.1. The molecule has 0 aliphatic heterocycles. The molecule has 2 nitrogen and oxygen atoms in total. The zero-order chi connectivity index (χ0) is 13.9. The lowest BCUT2D eigenvalue weighted by Crippen LogP contribution is -2.15. The molecule has 0 spiro atoms. The predicted molar refractivity (Wildman–Crippen MR) is 86.5 cm³/mol. The molecule has 0 saturated heterocycles. The number of para-hydroxylation sites is 1. The maximum Gasteiger partial charge on any atom is 0.0759 e. The van der Waals surface area contributed by atoms with Gasteiger partial charge in [0, 0.05) is 10.4 Å². The van der Waals surface area contributed by atoms with Crippen LogP contribution in [-0.4, -0.2) is 11.7 Å². The molecule has 3 aromatic rings. The van der Waals surface area contributed by atoms with Gasteiger partial charge in [0.15, 0.2) is 0 Å². The van der Waals surface area contributed by atoms with Crippen LogP contribution in [0.3, 0.4) is 0 Å². The second-order valence-corrected chi connectivity index (χ2v) is 5.79. The van der Waals surface area contributed by atoms with Crippen LogP contribution in [0.4, 0.5) is 5.69 Å². The number of rotatable bonds is 4. The Bertz CT molecular complexity index is 720. The fourth-order valence-electron chi connectivity index (χ4n) is 2.41. The molecule has 0 amide bonds. The van der Waals surface area contributed by atoms with Crippen LogP contribution in [0.15, 0.2) is 53.9 Å². The van der Waals surface area contributed by atoms with Gasteiger partial charge in [-0.05, 0) is 40.9 Å². The van der Waals surface area contributed by atoms with Gasteiger partial charge in [0.1, 0.15) is 0 Å². The molecule has 1 atom stereocenters. The van der Waals surface area contributed by atoms with Gasteiger partial charge >= 0.3 is 0 Å². The Labute approximate surface area is 122 Å². The van der Waals surface area contributed by atoms with E-state index in [2.05, 4.69) is 35.8 Å². The van der Waals surface area contributed by atoms with Crippen LogP contribution in [0.1, 0.15) is 17.2 Å². The molecule has 3 rings (SSSR count). The summed E-state index contributed by atoms with van der Waals surface area (Å²) < 4.78 is 1.26. The standard InChI is InChI=1S/C17H17NOS/c1-12-6-2-4-8-15(12)18-16(10-19)14-11-20-17-9-5-3-7-13(14)17/h2-9,11,16,18-19H,10H2,1H3. The summed E-state index contributed by atoms with van der Waals surface area (Å²) in [7, 11) is 0. The van der Waals surface area contributed by atoms with Crippen LogP contribution in [-0.2, 0) is 0 Å². The number of aliphatic hydroxyl groups excluding tert-OH is 1. The van der Waals surface area contributed by atoms with E-state index in [0.29, 0.717) is 0 Å². The van der Waals surface area contributed by atoms with Gasteiger partial charge in [-0.2, -0.15) is 0 Å².